The van der Waals surface area contributed by atoms with Gasteiger partial charge in [-0.15, -0.1) is 0 Å². The molecule has 1 atom stereocenters. The third-order valence-electron chi connectivity index (χ3n) is 6.32. The van der Waals surface area contributed by atoms with Gasteiger partial charge < -0.3 is 5.32 Å². The van der Waals surface area contributed by atoms with Crippen LogP contribution in [-0.2, 0) is 10.2 Å². The van der Waals surface area contributed by atoms with Gasteiger partial charge in [0, 0.05) is 23.5 Å². The van der Waals surface area contributed by atoms with E-state index in [-0.39, 0.29) is 23.5 Å². The Balaban J connectivity index is 1.32. The zero-order valence-electron chi connectivity index (χ0n) is 18.3. The number of hydrogen-bond acceptors (Lipinski definition) is 2. The Morgan fingerprint density at radius 2 is 1.56 bits per heavy atom. The van der Waals surface area contributed by atoms with Crippen molar-refractivity contribution in [3.63, 3.8) is 0 Å². The van der Waals surface area contributed by atoms with E-state index < -0.39 is 5.41 Å². The molecule has 1 saturated carbocycles. The number of halogens is 2. The second-order valence-electron chi connectivity index (χ2n) is 8.47. The van der Waals surface area contributed by atoms with Crippen LogP contribution in [0.5, 0.6) is 0 Å². The predicted molar refractivity (Wildman–Crippen MR) is 129 cm³/mol. The van der Waals surface area contributed by atoms with Gasteiger partial charge in [0.2, 0.25) is 5.91 Å². The average molecular weight is 453 g/mol. The number of benzene rings is 3. The Bertz CT molecular complexity index is 1300. The standard InChI is InChI=1S/C29H22F2N2O/c30-25-7-1-5-22(16-25)29(23-6-2-8-26(31)17-23)18-24(29)11-14-28(34)33-27-12-9-20(10-13-27)21-4-3-15-32-19-21/h1-17,19,24H,18H2,(H,33,34)/t24-/m1/s1. The van der Waals surface area contributed by atoms with Crippen molar-refractivity contribution in [2.24, 2.45) is 5.92 Å². The highest BCUT2D eigenvalue weighted by Gasteiger charge is 2.55. The summed E-state index contributed by atoms with van der Waals surface area (Å²) >= 11 is 0. The molecule has 1 aliphatic carbocycles. The fourth-order valence-electron chi connectivity index (χ4n) is 4.55. The first-order valence-corrected chi connectivity index (χ1v) is 11.1. The maximum absolute atomic E-state index is 14.0. The zero-order valence-corrected chi connectivity index (χ0v) is 18.3. The summed E-state index contributed by atoms with van der Waals surface area (Å²) in [6.07, 6.45) is 7.51. The molecule has 1 aliphatic rings. The number of nitrogens with one attached hydrogen (secondary N) is 1. The number of carbonyl (C=O) groups excluding carboxylic acids is 1. The highest BCUT2D eigenvalue weighted by molar-refractivity contribution is 5.99. The fourth-order valence-corrected chi connectivity index (χ4v) is 4.55. The van der Waals surface area contributed by atoms with E-state index in [1.807, 2.05) is 54.6 Å². The molecule has 3 aromatic carbocycles. The van der Waals surface area contributed by atoms with Crippen molar-refractivity contribution in [2.75, 3.05) is 5.32 Å². The van der Waals surface area contributed by atoms with E-state index in [2.05, 4.69) is 10.3 Å². The summed E-state index contributed by atoms with van der Waals surface area (Å²) in [6, 6.07) is 24.2. The lowest BCUT2D eigenvalue weighted by atomic mass is 9.85. The van der Waals surface area contributed by atoms with E-state index in [1.54, 1.807) is 24.5 Å². The lowest BCUT2D eigenvalue weighted by molar-refractivity contribution is -0.111. The topological polar surface area (TPSA) is 42.0 Å². The van der Waals surface area contributed by atoms with Crippen molar-refractivity contribution in [3.05, 3.63) is 132 Å². The summed E-state index contributed by atoms with van der Waals surface area (Å²) in [5, 5.41) is 2.87. The van der Waals surface area contributed by atoms with Crippen molar-refractivity contribution >= 4 is 11.6 Å². The molecular weight excluding hydrogens is 430 g/mol. The van der Waals surface area contributed by atoms with E-state index in [9.17, 15) is 13.6 Å². The van der Waals surface area contributed by atoms with Crippen molar-refractivity contribution in [3.8, 4) is 11.1 Å². The molecule has 0 aliphatic heterocycles. The minimum absolute atomic E-state index is 0.0465. The molecule has 1 aromatic heterocycles. The van der Waals surface area contributed by atoms with Gasteiger partial charge in [-0.2, -0.15) is 0 Å². The Kier molecular flexibility index (Phi) is 5.76. The van der Waals surface area contributed by atoms with Crippen LogP contribution in [0.2, 0.25) is 0 Å². The summed E-state index contributed by atoms with van der Waals surface area (Å²) in [7, 11) is 0. The van der Waals surface area contributed by atoms with Gasteiger partial charge in [0.15, 0.2) is 0 Å². The Labute approximate surface area is 196 Å². The van der Waals surface area contributed by atoms with Crippen molar-refractivity contribution in [1.29, 1.82) is 0 Å². The summed E-state index contributed by atoms with van der Waals surface area (Å²) in [6.45, 7) is 0. The summed E-state index contributed by atoms with van der Waals surface area (Å²) < 4.78 is 28.0. The molecule has 4 aromatic rings. The lowest BCUT2D eigenvalue weighted by Gasteiger charge is -2.18. The van der Waals surface area contributed by atoms with Crippen LogP contribution in [0.3, 0.4) is 0 Å². The molecule has 0 bridgehead atoms. The largest absolute Gasteiger partial charge is 0.323 e. The number of anilines is 1. The van der Waals surface area contributed by atoms with Crippen molar-refractivity contribution < 1.29 is 13.6 Å². The van der Waals surface area contributed by atoms with E-state index >= 15 is 0 Å². The molecular formula is C29H22F2N2O. The molecule has 34 heavy (non-hydrogen) atoms. The smallest absolute Gasteiger partial charge is 0.248 e. The van der Waals surface area contributed by atoms with Gasteiger partial charge in [-0.1, -0.05) is 48.5 Å². The maximum Gasteiger partial charge on any atom is 0.248 e. The van der Waals surface area contributed by atoms with Crippen molar-refractivity contribution in [1.82, 2.24) is 4.98 Å². The normalized spacial score (nSPS) is 16.4. The molecule has 5 heteroatoms. The molecule has 1 amide bonds. The number of carbonyl (C=O) groups is 1. The monoisotopic (exact) mass is 452 g/mol. The van der Waals surface area contributed by atoms with E-state index in [1.165, 1.54) is 30.3 Å². The average Bonchev–Trinajstić information content (AvgIpc) is 3.60. The highest BCUT2D eigenvalue weighted by atomic mass is 19.1. The van der Waals surface area contributed by atoms with Crippen LogP contribution in [-0.4, -0.2) is 10.9 Å². The van der Waals surface area contributed by atoms with Gasteiger partial charge in [-0.3, -0.25) is 9.78 Å². The lowest BCUT2D eigenvalue weighted by Crippen LogP contribution is -2.13. The SMILES string of the molecule is O=C(C=C[C@@H]1CC1(c1cccc(F)c1)c1cccc(F)c1)Nc1ccc(-c2cccnc2)cc1. The van der Waals surface area contributed by atoms with Gasteiger partial charge in [-0.25, -0.2) is 8.78 Å². The zero-order chi connectivity index (χ0) is 23.5. The highest BCUT2D eigenvalue weighted by Crippen LogP contribution is 2.59. The third-order valence-corrected chi connectivity index (χ3v) is 6.32. The molecule has 0 unspecified atom stereocenters. The Morgan fingerprint density at radius 1 is 0.882 bits per heavy atom. The van der Waals surface area contributed by atoms with Crippen LogP contribution in [0.4, 0.5) is 14.5 Å². The number of pyridine rings is 1. The van der Waals surface area contributed by atoms with Gasteiger partial charge in [0.05, 0.1) is 0 Å². The fraction of sp³-hybridized carbons (Fsp3) is 0.103. The van der Waals surface area contributed by atoms with Crippen LogP contribution in [0.1, 0.15) is 17.5 Å². The molecule has 0 saturated heterocycles. The summed E-state index contributed by atoms with van der Waals surface area (Å²) in [5.41, 5.74) is 3.69. The van der Waals surface area contributed by atoms with Gasteiger partial charge in [0.1, 0.15) is 11.6 Å². The second-order valence-corrected chi connectivity index (χ2v) is 8.47. The molecule has 3 nitrogen and oxygen atoms in total. The first-order valence-electron chi connectivity index (χ1n) is 11.1. The minimum atomic E-state index is -0.549. The first kappa shape index (κ1) is 21.7. The number of aromatic nitrogens is 1. The Hall–Kier alpha value is -4.12. The number of rotatable bonds is 6. The predicted octanol–water partition coefficient (Wildman–Crippen LogP) is 6.53. The quantitative estimate of drug-likeness (QED) is 0.338. The van der Waals surface area contributed by atoms with Crippen LogP contribution >= 0.6 is 0 Å². The molecule has 0 spiro atoms. The van der Waals surface area contributed by atoms with Crippen LogP contribution in [0, 0.1) is 17.6 Å². The second kappa shape index (κ2) is 9.02. The van der Waals surface area contributed by atoms with Gasteiger partial charge in [-0.05, 0) is 83.1 Å². The van der Waals surface area contributed by atoms with Crippen LogP contribution in [0.25, 0.3) is 11.1 Å². The van der Waals surface area contributed by atoms with Crippen molar-refractivity contribution in [2.45, 2.75) is 11.8 Å². The van der Waals surface area contributed by atoms with Gasteiger partial charge >= 0.3 is 0 Å². The molecule has 5 rings (SSSR count). The number of hydrogen-bond donors (Lipinski definition) is 1. The molecule has 1 N–H and O–H groups in total. The first-order chi connectivity index (χ1) is 16.5. The molecule has 0 radical (unpaired) electrons. The van der Waals surface area contributed by atoms with E-state index in [4.69, 9.17) is 0 Å². The Morgan fingerprint density at radius 3 is 2.15 bits per heavy atom. The summed E-state index contributed by atoms with van der Waals surface area (Å²) in [5.74, 6) is -0.978. The molecule has 1 heterocycles. The molecule has 168 valence electrons. The number of amides is 1. The van der Waals surface area contributed by atoms with E-state index in [0.29, 0.717) is 12.1 Å². The number of nitrogens with zero attached hydrogens (tertiary/aromatic N) is 1. The summed E-state index contributed by atoms with van der Waals surface area (Å²) in [4.78, 5) is 16.7. The van der Waals surface area contributed by atoms with Gasteiger partial charge in [0.25, 0.3) is 0 Å². The van der Waals surface area contributed by atoms with Crippen LogP contribution < -0.4 is 5.32 Å². The number of allylic oxidation sites excluding steroid dienone is 1. The molecule has 1 fully saturated rings. The maximum atomic E-state index is 14.0. The third kappa shape index (κ3) is 4.37. The van der Waals surface area contributed by atoms with E-state index in [0.717, 1.165) is 22.3 Å². The minimum Gasteiger partial charge on any atom is -0.323 e. The van der Waals surface area contributed by atoms with Crippen LogP contribution in [0.15, 0.2) is 109 Å².